The van der Waals surface area contributed by atoms with Crippen LogP contribution in [0.1, 0.15) is 54.4 Å². The molecule has 1 aliphatic heterocycles. The molecule has 1 N–H and O–H groups in total. The van der Waals surface area contributed by atoms with Crippen LogP contribution in [0.5, 0.6) is 0 Å². The molecule has 0 saturated carbocycles. The second-order valence-corrected chi connectivity index (χ2v) is 3.96. The first-order valence-corrected chi connectivity index (χ1v) is 7.31. The third kappa shape index (κ3) is 4.86. The van der Waals surface area contributed by atoms with Crippen molar-refractivity contribution in [2.75, 3.05) is 26.3 Å². The normalized spacial score (nSPS) is 15.6. The Morgan fingerprint density at radius 1 is 0.889 bits per heavy atom. The van der Waals surface area contributed by atoms with E-state index in [2.05, 4.69) is 43.2 Å². The van der Waals surface area contributed by atoms with Crippen LogP contribution in [0.25, 0.3) is 0 Å². The number of nitrogens with one attached hydrogen (secondary N) is 1. The molecule has 0 amide bonds. The molecule has 1 heterocycles. The van der Waals surface area contributed by atoms with Crippen molar-refractivity contribution in [1.29, 1.82) is 0 Å². The van der Waals surface area contributed by atoms with Gasteiger partial charge in [-0.25, -0.2) is 0 Å². The summed E-state index contributed by atoms with van der Waals surface area (Å²) in [6.07, 6.45) is 2.21. The number of allylic oxidation sites excluding steroid dienone is 2. The van der Waals surface area contributed by atoms with Gasteiger partial charge in [0, 0.05) is 32.0 Å². The predicted octanol–water partition coefficient (Wildman–Crippen LogP) is 3.14. The Kier molecular flexibility index (Phi) is 9.79. The summed E-state index contributed by atoms with van der Waals surface area (Å²) in [7, 11) is 0. The van der Waals surface area contributed by atoms with E-state index in [0.29, 0.717) is 0 Å². The van der Waals surface area contributed by atoms with Crippen molar-refractivity contribution >= 4 is 0 Å². The average Bonchev–Trinajstić information content (AvgIpc) is 2.76. The molecule has 0 unspecified atom stereocenters. The van der Waals surface area contributed by atoms with Gasteiger partial charge in [0.25, 0.3) is 0 Å². The van der Waals surface area contributed by atoms with Crippen molar-refractivity contribution in [3.05, 3.63) is 11.4 Å². The molecule has 0 spiro atoms. The van der Waals surface area contributed by atoms with Crippen LogP contribution in [-0.2, 0) is 4.74 Å². The van der Waals surface area contributed by atoms with Gasteiger partial charge in [0.2, 0.25) is 0 Å². The highest BCUT2D eigenvalue weighted by molar-refractivity contribution is 5.13. The van der Waals surface area contributed by atoms with Crippen molar-refractivity contribution in [2.45, 2.75) is 54.4 Å². The molecule has 108 valence electrons. The second-order valence-electron chi connectivity index (χ2n) is 3.96. The van der Waals surface area contributed by atoms with Crippen LogP contribution < -0.4 is 5.43 Å². The van der Waals surface area contributed by atoms with Gasteiger partial charge < -0.3 is 10.2 Å². The third-order valence-electron chi connectivity index (χ3n) is 2.91. The molecule has 0 aromatic carbocycles. The van der Waals surface area contributed by atoms with Crippen molar-refractivity contribution in [2.24, 2.45) is 0 Å². The summed E-state index contributed by atoms with van der Waals surface area (Å²) in [4.78, 5) is 0. The number of hydrazine groups is 2. The maximum Gasteiger partial charge on any atom is 0.0514 e. The fourth-order valence-electron chi connectivity index (χ4n) is 2.08. The number of nitrogens with zero attached hydrogens (tertiary/aromatic N) is 2. The van der Waals surface area contributed by atoms with E-state index >= 15 is 0 Å². The number of hydrogen-bond donors (Lipinski definition) is 1. The molecular formula is C14H31N3O. The Hall–Kier alpha value is -0.740. The molecule has 4 heteroatoms. The number of ether oxygens (including phenoxy) is 1. The van der Waals surface area contributed by atoms with E-state index in [-0.39, 0.29) is 0 Å². The SMILES string of the molecule is CCC1=C(CC)N(CC)N(CC)N1.CCOCC. The van der Waals surface area contributed by atoms with Crippen LogP contribution in [0.4, 0.5) is 0 Å². The Morgan fingerprint density at radius 3 is 1.78 bits per heavy atom. The minimum absolute atomic E-state index is 0.844. The number of hydrogen-bond acceptors (Lipinski definition) is 4. The predicted molar refractivity (Wildman–Crippen MR) is 77.7 cm³/mol. The Bertz CT molecular complexity index is 239. The van der Waals surface area contributed by atoms with Crippen molar-refractivity contribution in [1.82, 2.24) is 15.6 Å². The molecular weight excluding hydrogens is 226 g/mol. The highest BCUT2D eigenvalue weighted by atomic mass is 16.5. The first-order valence-electron chi connectivity index (χ1n) is 7.31. The van der Waals surface area contributed by atoms with E-state index in [1.165, 1.54) is 11.4 Å². The third-order valence-corrected chi connectivity index (χ3v) is 2.91. The largest absolute Gasteiger partial charge is 0.382 e. The molecule has 18 heavy (non-hydrogen) atoms. The zero-order valence-electron chi connectivity index (χ0n) is 13.0. The quantitative estimate of drug-likeness (QED) is 0.791. The highest BCUT2D eigenvalue weighted by Gasteiger charge is 2.24. The van der Waals surface area contributed by atoms with Gasteiger partial charge in [-0.2, -0.15) is 0 Å². The van der Waals surface area contributed by atoms with Gasteiger partial charge in [-0.05, 0) is 40.5 Å². The molecule has 0 fully saturated rings. The lowest BCUT2D eigenvalue weighted by molar-refractivity contribution is 0.00365. The number of rotatable bonds is 6. The van der Waals surface area contributed by atoms with E-state index in [1.807, 2.05) is 13.8 Å². The first kappa shape index (κ1) is 17.3. The molecule has 0 radical (unpaired) electrons. The highest BCUT2D eigenvalue weighted by Crippen LogP contribution is 2.22. The smallest absolute Gasteiger partial charge is 0.0514 e. The van der Waals surface area contributed by atoms with Crippen LogP contribution >= 0.6 is 0 Å². The van der Waals surface area contributed by atoms with Gasteiger partial charge in [-0.15, -0.1) is 5.12 Å². The molecule has 0 atom stereocenters. The lowest BCUT2D eigenvalue weighted by Crippen LogP contribution is -2.43. The Balaban J connectivity index is 0.000000494. The van der Waals surface area contributed by atoms with Crippen LogP contribution in [0.3, 0.4) is 0 Å². The summed E-state index contributed by atoms with van der Waals surface area (Å²) in [5.41, 5.74) is 6.26. The molecule has 0 saturated heterocycles. The summed E-state index contributed by atoms with van der Waals surface area (Å²) in [6.45, 7) is 16.5. The van der Waals surface area contributed by atoms with Crippen molar-refractivity contribution < 1.29 is 4.74 Å². The lowest BCUT2D eigenvalue weighted by atomic mass is 10.2. The summed E-state index contributed by atoms with van der Waals surface area (Å²) in [5.74, 6) is 0. The monoisotopic (exact) mass is 257 g/mol. The standard InChI is InChI=1S/C10H21N3.C4H10O/c1-5-9-10(6-2)12(7-3)13(8-4)11-9;1-3-5-4-2/h11H,5-8H2,1-4H3;3-4H2,1-2H3. The average molecular weight is 257 g/mol. The van der Waals surface area contributed by atoms with Crippen LogP contribution in [0.15, 0.2) is 11.4 Å². The van der Waals surface area contributed by atoms with Gasteiger partial charge in [-0.1, -0.05) is 13.8 Å². The molecule has 4 nitrogen and oxygen atoms in total. The van der Waals surface area contributed by atoms with E-state index in [1.54, 1.807) is 0 Å². The summed E-state index contributed by atoms with van der Waals surface area (Å²) in [6, 6.07) is 0. The second kappa shape index (κ2) is 10.2. The van der Waals surface area contributed by atoms with E-state index in [0.717, 1.165) is 39.1 Å². The zero-order chi connectivity index (χ0) is 14.0. The fraction of sp³-hybridized carbons (Fsp3) is 0.857. The summed E-state index contributed by atoms with van der Waals surface area (Å²) >= 11 is 0. The zero-order valence-corrected chi connectivity index (χ0v) is 13.0. The molecule has 1 rings (SSSR count). The van der Waals surface area contributed by atoms with Gasteiger partial charge in [0.05, 0.1) is 5.70 Å². The minimum Gasteiger partial charge on any atom is -0.382 e. The molecule has 1 aliphatic rings. The van der Waals surface area contributed by atoms with Crippen molar-refractivity contribution in [3.63, 3.8) is 0 Å². The van der Waals surface area contributed by atoms with E-state index in [9.17, 15) is 0 Å². The van der Waals surface area contributed by atoms with Gasteiger partial charge in [0.1, 0.15) is 0 Å². The molecule has 0 bridgehead atoms. The van der Waals surface area contributed by atoms with Crippen LogP contribution in [0.2, 0.25) is 0 Å². The molecule has 0 aromatic rings. The lowest BCUT2D eigenvalue weighted by Gasteiger charge is -2.28. The van der Waals surface area contributed by atoms with E-state index in [4.69, 9.17) is 4.74 Å². The van der Waals surface area contributed by atoms with Gasteiger partial charge in [0.15, 0.2) is 0 Å². The Labute approximate surface area is 113 Å². The van der Waals surface area contributed by atoms with Crippen LogP contribution in [0, 0.1) is 0 Å². The topological polar surface area (TPSA) is 27.7 Å². The molecule has 0 aliphatic carbocycles. The Morgan fingerprint density at radius 2 is 1.50 bits per heavy atom. The van der Waals surface area contributed by atoms with Crippen molar-refractivity contribution in [3.8, 4) is 0 Å². The summed E-state index contributed by atoms with van der Waals surface area (Å²) < 4.78 is 4.83. The first-order chi connectivity index (χ1) is 8.69. The summed E-state index contributed by atoms with van der Waals surface area (Å²) in [5, 5.41) is 4.52. The minimum atomic E-state index is 0.844. The van der Waals surface area contributed by atoms with Gasteiger partial charge in [-0.3, -0.25) is 5.01 Å². The maximum absolute atomic E-state index is 4.83. The van der Waals surface area contributed by atoms with Crippen LogP contribution in [-0.4, -0.2) is 36.4 Å². The van der Waals surface area contributed by atoms with E-state index < -0.39 is 0 Å². The fourth-order valence-corrected chi connectivity index (χ4v) is 2.08. The maximum atomic E-state index is 4.83. The van der Waals surface area contributed by atoms with Gasteiger partial charge >= 0.3 is 0 Å². The molecule has 0 aromatic heterocycles.